The SMILES string of the molecule is COCCOCOC(C)(C)[C@@H]1C(=O)N[C@@H]1CC(=O)C(=[N+]=[N-])C(=O)OCc1ccc([N+](=O)[O-])cc1. The van der Waals surface area contributed by atoms with E-state index in [0.29, 0.717) is 18.8 Å². The summed E-state index contributed by atoms with van der Waals surface area (Å²) in [5.41, 5.74) is 7.67. The van der Waals surface area contributed by atoms with Crippen LogP contribution in [0.1, 0.15) is 25.8 Å². The lowest BCUT2D eigenvalue weighted by Gasteiger charge is -2.45. The van der Waals surface area contributed by atoms with Crippen molar-refractivity contribution in [3.8, 4) is 0 Å². The summed E-state index contributed by atoms with van der Waals surface area (Å²) < 4.78 is 20.7. The molecule has 13 heteroatoms. The standard InChI is InChI=1S/C21H26N4O9/c1-21(2,34-12-32-9-8-31-3)17-15(23-19(17)27)10-16(26)18(24-22)20(28)33-11-13-4-6-14(7-5-13)25(29)30/h4-7,15,17H,8-12H2,1-3H3,(H,23,27)/t15-,17+/m1/s1. The zero-order valence-corrected chi connectivity index (χ0v) is 19.0. The van der Waals surface area contributed by atoms with Gasteiger partial charge in [-0.25, -0.2) is 4.79 Å². The molecule has 0 unspecified atom stereocenters. The van der Waals surface area contributed by atoms with Crippen molar-refractivity contribution < 1.29 is 43.0 Å². The highest BCUT2D eigenvalue weighted by Crippen LogP contribution is 2.32. The Morgan fingerprint density at radius 1 is 1.24 bits per heavy atom. The van der Waals surface area contributed by atoms with E-state index in [-0.39, 0.29) is 31.4 Å². The molecule has 2 atom stereocenters. The molecule has 1 amide bonds. The van der Waals surface area contributed by atoms with E-state index in [4.69, 9.17) is 18.9 Å². The summed E-state index contributed by atoms with van der Waals surface area (Å²) in [5, 5.41) is 13.3. The van der Waals surface area contributed by atoms with Crippen molar-refractivity contribution in [3.05, 3.63) is 45.5 Å². The molecule has 0 saturated carbocycles. The maximum atomic E-state index is 12.6. The number of non-ortho nitro benzene ring substituents is 1. The van der Waals surface area contributed by atoms with Crippen molar-refractivity contribution in [2.75, 3.05) is 27.1 Å². The number of amides is 1. The van der Waals surface area contributed by atoms with E-state index in [1.807, 2.05) is 0 Å². The van der Waals surface area contributed by atoms with Crippen LogP contribution in [0.4, 0.5) is 5.69 Å². The van der Waals surface area contributed by atoms with Gasteiger partial charge in [0.1, 0.15) is 13.4 Å². The average molecular weight is 478 g/mol. The Hall–Kier alpha value is -3.51. The van der Waals surface area contributed by atoms with Crippen LogP contribution in [0.2, 0.25) is 0 Å². The lowest BCUT2D eigenvalue weighted by atomic mass is 9.75. The van der Waals surface area contributed by atoms with Gasteiger partial charge in [-0.2, -0.15) is 4.79 Å². The van der Waals surface area contributed by atoms with Gasteiger partial charge in [0.25, 0.3) is 11.5 Å². The van der Waals surface area contributed by atoms with E-state index >= 15 is 0 Å². The number of rotatable bonds is 14. The molecule has 1 N–H and O–H groups in total. The monoisotopic (exact) mass is 478 g/mol. The van der Waals surface area contributed by atoms with E-state index in [1.165, 1.54) is 31.4 Å². The van der Waals surface area contributed by atoms with Gasteiger partial charge in [-0.05, 0) is 31.5 Å². The molecule has 1 heterocycles. The number of nitro benzene ring substituents is 1. The highest BCUT2D eigenvalue weighted by atomic mass is 16.7. The number of ketones is 1. The molecule has 1 aromatic carbocycles. The maximum absolute atomic E-state index is 12.6. The van der Waals surface area contributed by atoms with Gasteiger partial charge in [-0.3, -0.25) is 19.7 Å². The number of β-lactam (4-membered cyclic amide) rings is 1. The summed E-state index contributed by atoms with van der Waals surface area (Å²) in [6.07, 6.45) is -0.320. The third-order valence-electron chi connectivity index (χ3n) is 5.19. The van der Waals surface area contributed by atoms with Crippen LogP contribution in [0.5, 0.6) is 0 Å². The van der Waals surface area contributed by atoms with E-state index in [9.17, 15) is 30.0 Å². The van der Waals surface area contributed by atoms with Crippen molar-refractivity contribution in [3.63, 3.8) is 0 Å². The molecule has 0 spiro atoms. The number of esters is 1. The minimum atomic E-state index is -1.17. The minimum Gasteiger partial charge on any atom is -0.452 e. The third-order valence-corrected chi connectivity index (χ3v) is 5.19. The number of benzene rings is 1. The molecule has 13 nitrogen and oxygen atoms in total. The van der Waals surface area contributed by atoms with Gasteiger partial charge in [0.05, 0.1) is 35.7 Å². The van der Waals surface area contributed by atoms with Gasteiger partial charge in [0.15, 0.2) is 0 Å². The van der Waals surface area contributed by atoms with Crippen molar-refractivity contribution in [1.82, 2.24) is 5.32 Å². The Morgan fingerprint density at radius 2 is 1.91 bits per heavy atom. The quantitative estimate of drug-likeness (QED) is 0.0386. The lowest BCUT2D eigenvalue weighted by Crippen LogP contribution is -2.66. The normalized spacial score (nSPS) is 17.2. The molecule has 2 rings (SSSR count). The fourth-order valence-corrected chi connectivity index (χ4v) is 3.33. The molecule has 1 aromatic rings. The molecule has 0 aliphatic carbocycles. The van der Waals surface area contributed by atoms with Crippen LogP contribution in [0.25, 0.3) is 5.53 Å². The fraction of sp³-hybridized carbons (Fsp3) is 0.524. The Kier molecular flexibility index (Phi) is 9.51. The molecule has 184 valence electrons. The van der Waals surface area contributed by atoms with Crippen LogP contribution in [0.3, 0.4) is 0 Å². The second-order valence-electron chi connectivity index (χ2n) is 7.94. The van der Waals surface area contributed by atoms with Gasteiger partial charge in [0, 0.05) is 25.7 Å². The third kappa shape index (κ3) is 6.99. The number of carbonyl (C=O) groups is 3. The van der Waals surface area contributed by atoms with Crippen LogP contribution in [-0.2, 0) is 39.9 Å². The van der Waals surface area contributed by atoms with Crippen LogP contribution in [0, 0.1) is 16.0 Å². The van der Waals surface area contributed by atoms with Gasteiger partial charge in [0.2, 0.25) is 5.91 Å². The summed E-state index contributed by atoms with van der Waals surface area (Å²) in [5.74, 6) is -3.05. The molecule has 1 aliphatic heterocycles. The second kappa shape index (κ2) is 12.1. The zero-order valence-electron chi connectivity index (χ0n) is 19.0. The number of nitrogens with zero attached hydrogens (tertiary/aromatic N) is 3. The molecular formula is C21H26N4O9. The summed E-state index contributed by atoms with van der Waals surface area (Å²) in [7, 11) is 1.53. The number of hydrogen-bond acceptors (Lipinski definition) is 9. The van der Waals surface area contributed by atoms with Gasteiger partial charge < -0.3 is 29.8 Å². The first kappa shape index (κ1) is 26.7. The number of hydrogen-bond donors (Lipinski definition) is 1. The Bertz CT molecular complexity index is 971. The molecular weight excluding hydrogens is 452 g/mol. The largest absolute Gasteiger partial charge is 0.452 e. The molecule has 34 heavy (non-hydrogen) atoms. The maximum Gasteiger partial charge on any atom is 0.441 e. The van der Waals surface area contributed by atoms with Crippen LogP contribution in [0.15, 0.2) is 24.3 Å². The molecule has 0 radical (unpaired) electrons. The number of carbonyl (C=O) groups excluding carboxylic acids is 3. The van der Waals surface area contributed by atoms with Gasteiger partial charge >= 0.3 is 11.7 Å². The molecule has 0 aromatic heterocycles. The predicted molar refractivity (Wildman–Crippen MR) is 114 cm³/mol. The average Bonchev–Trinajstić information content (AvgIpc) is 2.77. The fourth-order valence-electron chi connectivity index (χ4n) is 3.33. The molecule has 1 saturated heterocycles. The highest BCUT2D eigenvalue weighted by Gasteiger charge is 2.51. The van der Waals surface area contributed by atoms with Crippen LogP contribution < -0.4 is 5.32 Å². The number of methoxy groups -OCH3 is 1. The summed E-state index contributed by atoms with van der Waals surface area (Å²) in [6.45, 7) is 3.66. The van der Waals surface area contributed by atoms with Gasteiger partial charge in [-0.15, -0.1) is 0 Å². The number of nitro groups is 1. The van der Waals surface area contributed by atoms with E-state index in [2.05, 4.69) is 10.1 Å². The van der Waals surface area contributed by atoms with Crippen LogP contribution >= 0.6 is 0 Å². The van der Waals surface area contributed by atoms with E-state index < -0.39 is 39.9 Å². The van der Waals surface area contributed by atoms with Crippen molar-refractivity contribution >= 4 is 29.1 Å². The van der Waals surface area contributed by atoms with Crippen LogP contribution in [-0.4, -0.2) is 71.8 Å². The first-order valence-electron chi connectivity index (χ1n) is 10.3. The second-order valence-corrected chi connectivity index (χ2v) is 7.94. The molecule has 0 bridgehead atoms. The number of Topliss-reactive ketones (excluding diaryl/α,β-unsaturated/α-hetero) is 1. The lowest BCUT2D eigenvalue weighted by molar-refractivity contribution is -0.384. The smallest absolute Gasteiger partial charge is 0.441 e. The topological polar surface area (TPSA) is 180 Å². The van der Waals surface area contributed by atoms with E-state index in [0.717, 1.165) is 0 Å². The Morgan fingerprint density at radius 3 is 2.47 bits per heavy atom. The number of ether oxygens (including phenoxy) is 4. The predicted octanol–water partition coefficient (Wildman–Crippen LogP) is 0.798. The minimum absolute atomic E-state index is 0.0842. The zero-order chi connectivity index (χ0) is 25.3. The van der Waals surface area contributed by atoms with Crippen molar-refractivity contribution in [2.24, 2.45) is 5.92 Å². The van der Waals surface area contributed by atoms with Crippen molar-refractivity contribution in [2.45, 2.75) is 38.5 Å². The molecule has 1 aliphatic rings. The Labute approximate surface area is 195 Å². The molecule has 1 fully saturated rings. The first-order valence-corrected chi connectivity index (χ1v) is 10.3. The number of nitrogens with one attached hydrogen (secondary N) is 1. The highest BCUT2D eigenvalue weighted by molar-refractivity contribution is 6.62. The Balaban J connectivity index is 1.91. The summed E-state index contributed by atoms with van der Waals surface area (Å²) >= 11 is 0. The van der Waals surface area contributed by atoms with Crippen molar-refractivity contribution in [1.29, 1.82) is 0 Å². The van der Waals surface area contributed by atoms with E-state index in [1.54, 1.807) is 13.8 Å². The summed E-state index contributed by atoms with van der Waals surface area (Å²) in [4.78, 5) is 49.8. The summed E-state index contributed by atoms with van der Waals surface area (Å²) in [6, 6.07) is 4.59. The van der Waals surface area contributed by atoms with Gasteiger partial charge in [-0.1, -0.05) is 0 Å². The first-order chi connectivity index (χ1) is 16.1.